The predicted molar refractivity (Wildman–Crippen MR) is 99.3 cm³/mol. The summed E-state index contributed by atoms with van der Waals surface area (Å²) in [7, 11) is 1.50. The number of rotatable bonds is 4. The highest BCUT2D eigenvalue weighted by atomic mass is 35.5. The minimum atomic E-state index is -0.661. The van der Waals surface area contributed by atoms with Gasteiger partial charge in [-0.15, -0.1) is 12.4 Å². The van der Waals surface area contributed by atoms with Crippen LogP contribution in [0.15, 0.2) is 18.2 Å². The lowest BCUT2D eigenvalue weighted by Crippen LogP contribution is -2.44. The van der Waals surface area contributed by atoms with Crippen molar-refractivity contribution in [3.63, 3.8) is 0 Å². The molecule has 0 radical (unpaired) electrons. The van der Waals surface area contributed by atoms with Crippen molar-refractivity contribution in [2.45, 2.75) is 25.7 Å². The first-order valence-corrected chi connectivity index (χ1v) is 8.32. The van der Waals surface area contributed by atoms with Gasteiger partial charge in [-0.3, -0.25) is 4.79 Å². The molecule has 3 amide bonds. The molecule has 0 bridgehead atoms. The van der Waals surface area contributed by atoms with Crippen molar-refractivity contribution in [3.05, 3.63) is 18.2 Å². The Morgan fingerprint density at radius 3 is 2.84 bits per heavy atom. The number of carbonyl (C=O) groups excluding carboxylic acids is 2. The number of nitrogens with two attached hydrogens (primary N) is 1. The molecule has 1 aliphatic carbocycles. The molecule has 1 aromatic carbocycles. The number of hydrogen-bond acceptors (Lipinski definition) is 4. The second-order valence-electron chi connectivity index (χ2n) is 6.59. The molecule has 8 heteroatoms. The number of ether oxygens (including phenoxy) is 1. The molecule has 5 N–H and O–H groups in total. The second kappa shape index (κ2) is 7.93. The van der Waals surface area contributed by atoms with Crippen molar-refractivity contribution < 1.29 is 14.3 Å². The number of nitrogens with one attached hydrogen (secondary N) is 3. The zero-order valence-corrected chi connectivity index (χ0v) is 15.1. The summed E-state index contributed by atoms with van der Waals surface area (Å²) in [5.74, 6) is 0.924. The number of carbonyl (C=O) groups is 2. The highest BCUT2D eigenvalue weighted by Gasteiger charge is 2.49. The number of amides is 3. The monoisotopic (exact) mass is 368 g/mol. The first kappa shape index (κ1) is 19.3. The topological polar surface area (TPSA) is 105 Å². The summed E-state index contributed by atoms with van der Waals surface area (Å²) >= 11 is 0. The molecule has 1 aromatic rings. The van der Waals surface area contributed by atoms with E-state index in [2.05, 4.69) is 16.0 Å². The molecule has 2 atom stereocenters. The number of hydrogen-bond donors (Lipinski definition) is 4. The Bertz CT molecular complexity index is 655. The van der Waals surface area contributed by atoms with Crippen molar-refractivity contribution in [2.75, 3.05) is 30.8 Å². The first-order valence-electron chi connectivity index (χ1n) is 8.32. The van der Waals surface area contributed by atoms with Gasteiger partial charge >= 0.3 is 6.03 Å². The maximum atomic E-state index is 13.0. The van der Waals surface area contributed by atoms with Crippen molar-refractivity contribution >= 4 is 35.7 Å². The quantitative estimate of drug-likeness (QED) is 0.654. The van der Waals surface area contributed by atoms with Gasteiger partial charge in [0.1, 0.15) is 5.75 Å². The highest BCUT2D eigenvalue weighted by Crippen LogP contribution is 2.44. The van der Waals surface area contributed by atoms with Crippen LogP contribution in [-0.2, 0) is 4.79 Å². The summed E-state index contributed by atoms with van der Waals surface area (Å²) in [6.45, 7) is 1.65. The predicted octanol–water partition coefficient (Wildman–Crippen LogP) is 2.33. The molecule has 138 valence electrons. The van der Waals surface area contributed by atoms with Crippen molar-refractivity contribution in [2.24, 2.45) is 17.1 Å². The third kappa shape index (κ3) is 3.82. The van der Waals surface area contributed by atoms with E-state index in [9.17, 15) is 9.59 Å². The van der Waals surface area contributed by atoms with Gasteiger partial charge in [-0.1, -0.05) is 12.8 Å². The van der Waals surface area contributed by atoms with Gasteiger partial charge in [0.05, 0.1) is 18.2 Å². The third-order valence-corrected chi connectivity index (χ3v) is 5.21. The number of benzene rings is 1. The normalized spacial score (nSPS) is 24.6. The maximum absolute atomic E-state index is 13.0. The Hall–Kier alpha value is -1.99. The number of anilines is 2. The summed E-state index contributed by atoms with van der Waals surface area (Å²) in [6, 6.07) is 4.44. The van der Waals surface area contributed by atoms with Crippen molar-refractivity contribution in [1.82, 2.24) is 5.32 Å². The van der Waals surface area contributed by atoms with Crippen LogP contribution in [0, 0.1) is 11.3 Å². The van der Waals surface area contributed by atoms with Crippen LogP contribution in [0.5, 0.6) is 5.75 Å². The van der Waals surface area contributed by atoms with Crippen LogP contribution in [0.1, 0.15) is 25.7 Å². The summed E-state index contributed by atoms with van der Waals surface area (Å²) in [5.41, 5.74) is 5.95. The average Bonchev–Trinajstić information content (AvgIpc) is 3.01. The van der Waals surface area contributed by atoms with Crippen molar-refractivity contribution in [3.8, 4) is 5.75 Å². The van der Waals surface area contributed by atoms with Gasteiger partial charge in [-0.25, -0.2) is 4.79 Å². The van der Waals surface area contributed by atoms with Crippen LogP contribution >= 0.6 is 12.4 Å². The smallest absolute Gasteiger partial charge is 0.316 e. The Morgan fingerprint density at radius 2 is 2.12 bits per heavy atom. The Balaban J connectivity index is 0.00000225. The van der Waals surface area contributed by atoms with Crippen LogP contribution in [0.3, 0.4) is 0 Å². The number of fused-ring (bicyclic) bond motifs is 1. The summed E-state index contributed by atoms with van der Waals surface area (Å²) in [5, 5.41) is 8.90. The first-order chi connectivity index (χ1) is 11.5. The molecule has 1 saturated heterocycles. The second-order valence-corrected chi connectivity index (χ2v) is 6.59. The summed E-state index contributed by atoms with van der Waals surface area (Å²) in [6.07, 6.45) is 4.32. The fraction of sp³-hybridized carbons (Fsp3) is 0.529. The van der Waals surface area contributed by atoms with Crippen LogP contribution in [-0.4, -0.2) is 32.1 Å². The van der Waals surface area contributed by atoms with Crippen molar-refractivity contribution in [1.29, 1.82) is 0 Å². The SMILES string of the molecule is COc1cc(NC(=O)[C@@]23CCCC[C@H]2CNC3)ccc1NC(N)=O.Cl. The zero-order valence-electron chi connectivity index (χ0n) is 14.3. The molecule has 1 saturated carbocycles. The van der Waals surface area contributed by atoms with Crippen LogP contribution in [0.4, 0.5) is 16.2 Å². The lowest BCUT2D eigenvalue weighted by Gasteiger charge is -2.37. The van der Waals surface area contributed by atoms with E-state index in [-0.39, 0.29) is 23.7 Å². The van der Waals surface area contributed by atoms with Crippen LogP contribution in [0.2, 0.25) is 0 Å². The van der Waals surface area contributed by atoms with Crippen LogP contribution < -0.4 is 26.4 Å². The van der Waals surface area contributed by atoms with Gasteiger partial charge in [0.2, 0.25) is 5.91 Å². The maximum Gasteiger partial charge on any atom is 0.316 e. The van der Waals surface area contributed by atoms with E-state index in [4.69, 9.17) is 10.5 Å². The van der Waals surface area contributed by atoms with Gasteiger partial charge in [0.15, 0.2) is 0 Å². The zero-order chi connectivity index (χ0) is 17.2. The van der Waals surface area contributed by atoms with Crippen LogP contribution in [0.25, 0.3) is 0 Å². The molecule has 1 aliphatic heterocycles. The fourth-order valence-corrected chi connectivity index (χ4v) is 3.95. The van der Waals surface area contributed by atoms with E-state index < -0.39 is 6.03 Å². The van der Waals surface area contributed by atoms with E-state index in [1.54, 1.807) is 18.2 Å². The molecule has 0 unspecified atom stereocenters. The minimum absolute atomic E-state index is 0. The summed E-state index contributed by atoms with van der Waals surface area (Å²) < 4.78 is 5.26. The van der Waals surface area contributed by atoms with Gasteiger partial charge in [-0.05, 0) is 37.4 Å². The minimum Gasteiger partial charge on any atom is -0.494 e. The van der Waals surface area contributed by atoms with E-state index in [1.165, 1.54) is 13.5 Å². The Morgan fingerprint density at radius 1 is 1.32 bits per heavy atom. The lowest BCUT2D eigenvalue weighted by molar-refractivity contribution is -0.128. The van der Waals surface area contributed by atoms with E-state index in [0.717, 1.165) is 32.4 Å². The molecule has 25 heavy (non-hydrogen) atoms. The van der Waals surface area contributed by atoms with E-state index in [0.29, 0.717) is 23.0 Å². The van der Waals surface area contributed by atoms with Gasteiger partial charge in [0.25, 0.3) is 0 Å². The summed E-state index contributed by atoms with van der Waals surface area (Å²) in [4.78, 5) is 24.0. The average molecular weight is 369 g/mol. The Kier molecular flexibility index (Phi) is 6.13. The molecule has 0 spiro atoms. The molecule has 3 rings (SSSR count). The molecular weight excluding hydrogens is 344 g/mol. The third-order valence-electron chi connectivity index (χ3n) is 5.21. The highest BCUT2D eigenvalue weighted by molar-refractivity contribution is 5.97. The van der Waals surface area contributed by atoms with Gasteiger partial charge < -0.3 is 26.4 Å². The molecule has 2 aliphatic rings. The molecule has 1 heterocycles. The van der Waals surface area contributed by atoms with Gasteiger partial charge in [-0.2, -0.15) is 0 Å². The molecule has 2 fully saturated rings. The fourth-order valence-electron chi connectivity index (χ4n) is 3.95. The van der Waals surface area contributed by atoms with E-state index >= 15 is 0 Å². The number of methoxy groups -OCH3 is 1. The van der Waals surface area contributed by atoms with Gasteiger partial charge in [0, 0.05) is 18.3 Å². The Labute approximate surface area is 153 Å². The largest absolute Gasteiger partial charge is 0.494 e. The molecule has 0 aromatic heterocycles. The lowest BCUT2D eigenvalue weighted by atomic mass is 9.67. The molecular formula is C17H25ClN4O3. The number of halogens is 1. The number of primary amides is 1. The number of urea groups is 1. The standard InChI is InChI=1S/C17H24N4O3.ClH/c1-24-14-8-12(5-6-13(14)21-16(18)23)20-15(22)17-7-3-2-4-11(17)9-19-10-17;/h5-6,8,11,19H,2-4,7,9-10H2,1H3,(H,20,22)(H3,18,21,23);1H/t11-,17+;/m0./s1. The van der Waals surface area contributed by atoms with E-state index in [1.807, 2.05) is 0 Å². The molecule has 7 nitrogen and oxygen atoms in total.